The fraction of sp³-hybridized carbons (Fsp3) is 0.526. The second-order valence-corrected chi connectivity index (χ2v) is 8.86. The average Bonchev–Trinajstić information content (AvgIpc) is 2.71. The third kappa shape index (κ3) is 5.77. The van der Waals surface area contributed by atoms with Gasteiger partial charge in [0, 0.05) is 18.7 Å². The maximum atomic E-state index is 12.9. The Morgan fingerprint density at radius 3 is 1.90 bits per heavy atom. The van der Waals surface area contributed by atoms with Gasteiger partial charge in [0.25, 0.3) is 5.91 Å². The minimum atomic E-state index is -3.76. The minimum absolute atomic E-state index is 0.0350. The number of amides is 1. The molecule has 1 fully saturated rings. The largest absolute Gasteiger partial charge is 0.468 e. The van der Waals surface area contributed by atoms with Crippen LogP contribution in [0, 0.1) is 0 Å². The third-order valence-corrected chi connectivity index (χ3v) is 6.35. The van der Waals surface area contributed by atoms with E-state index in [9.17, 15) is 22.8 Å². The highest BCUT2D eigenvalue weighted by atomic mass is 32.2. The van der Waals surface area contributed by atoms with Gasteiger partial charge < -0.3 is 19.1 Å². The summed E-state index contributed by atoms with van der Waals surface area (Å²) in [5, 5.41) is 0. The zero-order valence-corrected chi connectivity index (χ0v) is 18.2. The van der Waals surface area contributed by atoms with Crippen molar-refractivity contribution in [2.45, 2.75) is 31.0 Å². The Balaban J connectivity index is 2.22. The van der Waals surface area contributed by atoms with Crippen LogP contribution in [0.25, 0.3) is 0 Å². The molecule has 11 heteroatoms. The minimum Gasteiger partial charge on any atom is -0.468 e. The number of hydrogen-bond acceptors (Lipinski definition) is 8. The molecule has 2 rings (SSSR count). The van der Waals surface area contributed by atoms with Crippen LogP contribution in [0.1, 0.15) is 24.2 Å². The number of morpholine rings is 1. The van der Waals surface area contributed by atoms with Gasteiger partial charge in [-0.15, -0.1) is 0 Å². The van der Waals surface area contributed by atoms with Crippen LogP contribution >= 0.6 is 0 Å². The van der Waals surface area contributed by atoms with Gasteiger partial charge in [0.15, 0.2) is 0 Å². The lowest BCUT2D eigenvalue weighted by atomic mass is 10.2. The first-order valence-electron chi connectivity index (χ1n) is 9.27. The lowest BCUT2D eigenvalue weighted by Crippen LogP contribution is -2.48. The molecule has 30 heavy (non-hydrogen) atoms. The molecule has 0 aliphatic carbocycles. The number of methoxy groups -OCH3 is 2. The van der Waals surface area contributed by atoms with E-state index in [1.54, 1.807) is 13.8 Å². The van der Waals surface area contributed by atoms with Crippen molar-refractivity contribution in [3.63, 3.8) is 0 Å². The van der Waals surface area contributed by atoms with Crippen molar-refractivity contribution in [1.82, 2.24) is 9.21 Å². The zero-order valence-electron chi connectivity index (χ0n) is 17.4. The van der Waals surface area contributed by atoms with Crippen molar-refractivity contribution in [2.75, 3.05) is 40.4 Å². The van der Waals surface area contributed by atoms with Crippen molar-refractivity contribution in [2.24, 2.45) is 0 Å². The molecule has 1 aliphatic rings. The second kappa shape index (κ2) is 10.0. The summed E-state index contributed by atoms with van der Waals surface area (Å²) >= 11 is 0. The Kier molecular flexibility index (Phi) is 7.93. The summed E-state index contributed by atoms with van der Waals surface area (Å²) in [6, 6.07) is 5.32. The number of rotatable bonds is 7. The molecule has 2 atom stereocenters. The molecule has 0 aromatic heterocycles. The topological polar surface area (TPSA) is 120 Å². The van der Waals surface area contributed by atoms with Crippen LogP contribution in [0.3, 0.4) is 0 Å². The van der Waals surface area contributed by atoms with Crippen LogP contribution < -0.4 is 0 Å². The highest BCUT2D eigenvalue weighted by Gasteiger charge is 2.32. The maximum Gasteiger partial charge on any atom is 0.325 e. The molecule has 0 saturated carbocycles. The number of hydrogen-bond donors (Lipinski definition) is 0. The van der Waals surface area contributed by atoms with Gasteiger partial charge in [-0.3, -0.25) is 14.4 Å². The molecule has 0 N–H and O–H groups in total. The van der Waals surface area contributed by atoms with Crippen molar-refractivity contribution >= 4 is 27.9 Å². The molecular formula is C19H26N2O8S. The number of carbonyl (C=O) groups excluding carboxylic acids is 3. The van der Waals surface area contributed by atoms with Crippen LogP contribution in [0.2, 0.25) is 0 Å². The number of esters is 2. The van der Waals surface area contributed by atoms with Crippen LogP contribution in [-0.4, -0.2) is 88.1 Å². The van der Waals surface area contributed by atoms with Gasteiger partial charge in [-0.05, 0) is 38.1 Å². The quantitative estimate of drug-likeness (QED) is 0.552. The van der Waals surface area contributed by atoms with Crippen molar-refractivity contribution in [3.05, 3.63) is 29.8 Å². The van der Waals surface area contributed by atoms with Gasteiger partial charge in [0.2, 0.25) is 10.0 Å². The molecule has 1 aromatic carbocycles. The van der Waals surface area contributed by atoms with E-state index in [2.05, 4.69) is 9.47 Å². The predicted octanol–water partition coefficient (Wildman–Crippen LogP) is 0.273. The summed E-state index contributed by atoms with van der Waals surface area (Å²) in [4.78, 5) is 36.9. The maximum absolute atomic E-state index is 12.9. The molecular weight excluding hydrogens is 416 g/mol. The molecule has 2 unspecified atom stereocenters. The summed E-state index contributed by atoms with van der Waals surface area (Å²) in [6.07, 6.45) is -0.454. The van der Waals surface area contributed by atoms with Gasteiger partial charge in [-0.2, -0.15) is 4.31 Å². The standard InChI is InChI=1S/C19H26N2O8S/c1-13-9-21(10-14(2)29-13)30(25,26)16-7-5-15(6-8-16)19(24)20(11-17(22)27-3)12-18(23)28-4/h5-8,13-14H,9-12H2,1-4H3. The summed E-state index contributed by atoms with van der Waals surface area (Å²) in [5.41, 5.74) is 0.116. The zero-order chi connectivity index (χ0) is 22.5. The van der Waals surface area contributed by atoms with E-state index in [1.165, 1.54) is 28.6 Å². The molecule has 1 amide bonds. The monoisotopic (exact) mass is 442 g/mol. The van der Waals surface area contributed by atoms with E-state index in [1.807, 2.05) is 0 Å². The normalized spacial score (nSPS) is 19.7. The number of carbonyl (C=O) groups is 3. The van der Waals surface area contributed by atoms with E-state index in [0.29, 0.717) is 0 Å². The Bertz CT molecular complexity index is 856. The third-order valence-electron chi connectivity index (χ3n) is 4.51. The van der Waals surface area contributed by atoms with Gasteiger partial charge in [-0.25, -0.2) is 8.42 Å². The molecule has 166 valence electrons. The summed E-state index contributed by atoms with van der Waals surface area (Å²) < 4.78 is 41.9. The molecule has 1 saturated heterocycles. The molecule has 0 bridgehead atoms. The smallest absolute Gasteiger partial charge is 0.325 e. The van der Waals surface area contributed by atoms with Gasteiger partial charge in [0.05, 0.1) is 31.3 Å². The first-order chi connectivity index (χ1) is 14.1. The highest BCUT2D eigenvalue weighted by Crippen LogP contribution is 2.22. The van der Waals surface area contributed by atoms with E-state index in [4.69, 9.17) is 4.74 Å². The van der Waals surface area contributed by atoms with Crippen molar-refractivity contribution in [1.29, 1.82) is 0 Å². The van der Waals surface area contributed by atoms with Crippen LogP contribution in [0.5, 0.6) is 0 Å². The fourth-order valence-electron chi connectivity index (χ4n) is 3.07. The molecule has 1 heterocycles. The number of ether oxygens (including phenoxy) is 3. The Morgan fingerprint density at radius 1 is 1.00 bits per heavy atom. The van der Waals surface area contributed by atoms with Gasteiger partial charge in [0.1, 0.15) is 13.1 Å². The molecule has 0 radical (unpaired) electrons. The first kappa shape index (κ1) is 23.8. The molecule has 0 spiro atoms. The second-order valence-electron chi connectivity index (χ2n) is 6.92. The molecule has 1 aromatic rings. The first-order valence-corrected chi connectivity index (χ1v) is 10.7. The van der Waals surface area contributed by atoms with Crippen LogP contribution in [0.4, 0.5) is 0 Å². The molecule has 10 nitrogen and oxygen atoms in total. The lowest BCUT2D eigenvalue weighted by molar-refractivity contribution is -0.144. The van der Waals surface area contributed by atoms with E-state index in [-0.39, 0.29) is 35.8 Å². The average molecular weight is 442 g/mol. The van der Waals surface area contributed by atoms with Crippen LogP contribution in [0.15, 0.2) is 29.2 Å². The highest BCUT2D eigenvalue weighted by molar-refractivity contribution is 7.89. The number of nitrogens with zero attached hydrogens (tertiary/aromatic N) is 2. The lowest BCUT2D eigenvalue weighted by Gasteiger charge is -2.34. The summed E-state index contributed by atoms with van der Waals surface area (Å²) in [5.74, 6) is -2.05. The van der Waals surface area contributed by atoms with Crippen LogP contribution in [-0.2, 0) is 33.8 Å². The Morgan fingerprint density at radius 2 is 1.47 bits per heavy atom. The van der Waals surface area contributed by atoms with Gasteiger partial charge >= 0.3 is 11.9 Å². The number of sulfonamides is 1. The Hall–Kier alpha value is -2.50. The molecule has 1 aliphatic heterocycles. The van der Waals surface area contributed by atoms with Crippen molar-refractivity contribution in [3.8, 4) is 0 Å². The fourth-order valence-corrected chi connectivity index (χ4v) is 4.66. The Labute approximate surface area is 175 Å². The van der Waals surface area contributed by atoms with E-state index in [0.717, 1.165) is 19.1 Å². The summed E-state index contributed by atoms with van der Waals surface area (Å²) in [7, 11) is -1.43. The SMILES string of the molecule is COC(=O)CN(CC(=O)OC)C(=O)c1ccc(S(=O)(=O)N2CC(C)OC(C)C2)cc1. The van der Waals surface area contributed by atoms with E-state index < -0.39 is 41.0 Å². The summed E-state index contributed by atoms with van der Waals surface area (Å²) in [6.45, 7) is 3.18. The number of benzene rings is 1. The van der Waals surface area contributed by atoms with E-state index >= 15 is 0 Å². The van der Waals surface area contributed by atoms with Gasteiger partial charge in [-0.1, -0.05) is 0 Å². The predicted molar refractivity (Wildman–Crippen MR) is 105 cm³/mol. The van der Waals surface area contributed by atoms with Crippen molar-refractivity contribution < 1.29 is 37.0 Å².